The zero-order valence-electron chi connectivity index (χ0n) is 10.5. The molecule has 3 nitrogen and oxygen atoms in total. The first-order chi connectivity index (χ1) is 8.56. The molecule has 5 heteroatoms. The van der Waals surface area contributed by atoms with Crippen molar-refractivity contribution in [3.63, 3.8) is 0 Å². The number of likely N-dealkylation sites (tertiary alicyclic amines) is 1. The van der Waals surface area contributed by atoms with Crippen LogP contribution >= 0.6 is 0 Å². The lowest BCUT2D eigenvalue weighted by molar-refractivity contribution is 0.226. The number of piperidine rings is 1. The summed E-state index contributed by atoms with van der Waals surface area (Å²) < 4.78 is 26.3. The molecule has 1 fully saturated rings. The zero-order chi connectivity index (χ0) is 13.1. The second-order valence-electron chi connectivity index (χ2n) is 4.98. The van der Waals surface area contributed by atoms with E-state index in [-0.39, 0.29) is 5.69 Å². The van der Waals surface area contributed by atoms with Crippen molar-refractivity contribution in [3.8, 4) is 0 Å². The van der Waals surface area contributed by atoms with Crippen LogP contribution in [0.2, 0.25) is 0 Å². The van der Waals surface area contributed by atoms with Crippen LogP contribution in [0.5, 0.6) is 0 Å². The Morgan fingerprint density at radius 3 is 2.67 bits per heavy atom. The van der Waals surface area contributed by atoms with Crippen molar-refractivity contribution < 1.29 is 8.78 Å². The van der Waals surface area contributed by atoms with Crippen molar-refractivity contribution in [1.82, 2.24) is 4.90 Å². The second kappa shape index (κ2) is 5.52. The Hall–Kier alpha value is -1.36. The summed E-state index contributed by atoms with van der Waals surface area (Å²) in [7, 11) is 2.10. The van der Waals surface area contributed by atoms with E-state index < -0.39 is 11.6 Å². The maximum absolute atomic E-state index is 13.2. The van der Waals surface area contributed by atoms with Crippen LogP contribution < -0.4 is 11.1 Å². The van der Waals surface area contributed by atoms with E-state index in [1.54, 1.807) is 0 Å². The first-order valence-corrected chi connectivity index (χ1v) is 6.23. The van der Waals surface area contributed by atoms with Gasteiger partial charge in [-0.05, 0) is 45.0 Å². The Morgan fingerprint density at radius 1 is 1.33 bits per heavy atom. The van der Waals surface area contributed by atoms with E-state index in [0.29, 0.717) is 18.2 Å². The Bertz CT molecular complexity index is 415. The third kappa shape index (κ3) is 3.10. The van der Waals surface area contributed by atoms with Gasteiger partial charge in [0.2, 0.25) is 0 Å². The van der Waals surface area contributed by atoms with E-state index in [0.717, 1.165) is 32.0 Å². The van der Waals surface area contributed by atoms with E-state index >= 15 is 0 Å². The summed E-state index contributed by atoms with van der Waals surface area (Å²) in [6, 6.07) is 2.05. The van der Waals surface area contributed by atoms with Crippen LogP contribution in [0.15, 0.2) is 12.1 Å². The number of hydrogen-bond donors (Lipinski definition) is 2. The normalized spacial score (nSPS) is 17.9. The smallest absolute Gasteiger partial charge is 0.151 e. The van der Waals surface area contributed by atoms with Crippen LogP contribution in [0.3, 0.4) is 0 Å². The highest BCUT2D eigenvalue weighted by Gasteiger charge is 2.17. The van der Waals surface area contributed by atoms with Gasteiger partial charge in [0.15, 0.2) is 5.82 Å². The van der Waals surface area contributed by atoms with E-state index in [1.807, 2.05) is 0 Å². The van der Waals surface area contributed by atoms with Crippen molar-refractivity contribution in [2.24, 2.45) is 5.92 Å². The van der Waals surface area contributed by atoms with Gasteiger partial charge in [-0.15, -0.1) is 0 Å². The van der Waals surface area contributed by atoms with E-state index in [4.69, 9.17) is 5.73 Å². The predicted molar refractivity (Wildman–Crippen MR) is 69.5 cm³/mol. The van der Waals surface area contributed by atoms with Gasteiger partial charge >= 0.3 is 0 Å². The SMILES string of the molecule is CN1CCC(CNc2cc(F)cc(F)c2N)CC1. The molecule has 1 aromatic carbocycles. The molecule has 0 spiro atoms. The highest BCUT2D eigenvalue weighted by Crippen LogP contribution is 2.24. The minimum Gasteiger partial charge on any atom is -0.395 e. The number of nitrogens with zero attached hydrogens (tertiary/aromatic N) is 1. The lowest BCUT2D eigenvalue weighted by Gasteiger charge is -2.29. The van der Waals surface area contributed by atoms with Gasteiger partial charge in [-0.25, -0.2) is 8.78 Å². The number of benzene rings is 1. The summed E-state index contributed by atoms with van der Waals surface area (Å²) >= 11 is 0. The number of rotatable bonds is 3. The molecule has 0 bridgehead atoms. The Kier molecular flexibility index (Phi) is 4.01. The van der Waals surface area contributed by atoms with Crippen LogP contribution in [0, 0.1) is 17.6 Å². The summed E-state index contributed by atoms with van der Waals surface area (Å²) in [5, 5.41) is 3.06. The van der Waals surface area contributed by atoms with Crippen molar-refractivity contribution in [2.75, 3.05) is 37.7 Å². The van der Waals surface area contributed by atoms with Crippen molar-refractivity contribution in [3.05, 3.63) is 23.8 Å². The first-order valence-electron chi connectivity index (χ1n) is 6.23. The molecule has 3 N–H and O–H groups in total. The van der Waals surface area contributed by atoms with E-state index in [2.05, 4.69) is 17.3 Å². The number of nitrogen functional groups attached to an aromatic ring is 1. The zero-order valence-corrected chi connectivity index (χ0v) is 10.5. The van der Waals surface area contributed by atoms with E-state index in [1.165, 1.54) is 6.07 Å². The van der Waals surface area contributed by atoms with Gasteiger partial charge in [-0.3, -0.25) is 0 Å². The summed E-state index contributed by atoms with van der Waals surface area (Å²) in [5.74, 6) is -0.777. The van der Waals surface area contributed by atoms with Crippen molar-refractivity contribution in [1.29, 1.82) is 0 Å². The molecule has 1 aliphatic rings. The molecule has 0 atom stereocenters. The predicted octanol–water partition coefficient (Wildman–Crippen LogP) is 2.30. The minimum absolute atomic E-state index is 0.00988. The maximum atomic E-state index is 13.2. The average Bonchev–Trinajstić information content (AvgIpc) is 2.34. The molecule has 1 aliphatic heterocycles. The highest BCUT2D eigenvalue weighted by atomic mass is 19.1. The molecule has 1 saturated heterocycles. The molecule has 0 unspecified atom stereocenters. The number of halogens is 2. The quantitative estimate of drug-likeness (QED) is 0.814. The van der Waals surface area contributed by atoms with Gasteiger partial charge in [0.05, 0.1) is 11.4 Å². The average molecular weight is 255 g/mol. The highest BCUT2D eigenvalue weighted by molar-refractivity contribution is 5.66. The van der Waals surface area contributed by atoms with Crippen molar-refractivity contribution in [2.45, 2.75) is 12.8 Å². The molecule has 1 aromatic rings. The molecule has 18 heavy (non-hydrogen) atoms. The summed E-state index contributed by atoms with van der Waals surface area (Å²) in [4.78, 5) is 2.28. The monoisotopic (exact) mass is 255 g/mol. The van der Waals surface area contributed by atoms with Crippen LogP contribution in [-0.4, -0.2) is 31.6 Å². The van der Waals surface area contributed by atoms with Gasteiger partial charge < -0.3 is 16.0 Å². The molecule has 0 aromatic heterocycles. The largest absolute Gasteiger partial charge is 0.395 e. The Labute approximate surface area is 106 Å². The Balaban J connectivity index is 1.94. The number of nitrogens with one attached hydrogen (secondary N) is 1. The summed E-state index contributed by atoms with van der Waals surface area (Å²) in [6.07, 6.45) is 2.20. The molecule has 1 heterocycles. The lowest BCUT2D eigenvalue weighted by Crippen LogP contribution is -2.33. The molecule has 100 valence electrons. The van der Waals surface area contributed by atoms with Gasteiger partial charge in [0.1, 0.15) is 5.82 Å². The maximum Gasteiger partial charge on any atom is 0.151 e. The molecule has 0 radical (unpaired) electrons. The molecular formula is C13H19F2N3. The number of nitrogens with two attached hydrogens (primary N) is 1. The molecular weight excluding hydrogens is 236 g/mol. The third-order valence-electron chi connectivity index (χ3n) is 3.51. The summed E-state index contributed by atoms with van der Waals surface area (Å²) in [5.41, 5.74) is 5.92. The first kappa shape index (κ1) is 13.1. The summed E-state index contributed by atoms with van der Waals surface area (Å²) in [6.45, 7) is 2.85. The van der Waals surface area contributed by atoms with Gasteiger partial charge in [-0.2, -0.15) is 0 Å². The van der Waals surface area contributed by atoms with Gasteiger partial charge in [0, 0.05) is 12.6 Å². The fourth-order valence-electron chi connectivity index (χ4n) is 2.25. The van der Waals surface area contributed by atoms with E-state index in [9.17, 15) is 8.78 Å². The fraction of sp³-hybridized carbons (Fsp3) is 0.538. The Morgan fingerprint density at radius 2 is 2.00 bits per heavy atom. The fourth-order valence-corrected chi connectivity index (χ4v) is 2.25. The molecule has 0 amide bonds. The topological polar surface area (TPSA) is 41.3 Å². The van der Waals surface area contributed by atoms with Crippen LogP contribution in [0.4, 0.5) is 20.2 Å². The standard InChI is InChI=1S/C13H19F2N3/c1-18-4-2-9(3-5-18)8-17-12-7-10(14)6-11(15)13(12)16/h6-7,9,17H,2-5,8,16H2,1H3. The second-order valence-corrected chi connectivity index (χ2v) is 4.98. The van der Waals surface area contributed by atoms with Crippen molar-refractivity contribution >= 4 is 11.4 Å². The van der Waals surface area contributed by atoms with Crippen LogP contribution in [-0.2, 0) is 0 Å². The minimum atomic E-state index is -0.708. The molecule has 2 rings (SSSR count). The number of anilines is 2. The van der Waals surface area contributed by atoms with Crippen LogP contribution in [0.1, 0.15) is 12.8 Å². The molecule has 0 saturated carbocycles. The molecule has 0 aliphatic carbocycles. The van der Waals surface area contributed by atoms with Gasteiger partial charge in [-0.1, -0.05) is 0 Å². The number of hydrogen-bond acceptors (Lipinski definition) is 3. The van der Waals surface area contributed by atoms with Crippen LogP contribution in [0.25, 0.3) is 0 Å². The lowest BCUT2D eigenvalue weighted by atomic mass is 9.97. The third-order valence-corrected chi connectivity index (χ3v) is 3.51. The van der Waals surface area contributed by atoms with Gasteiger partial charge in [0.25, 0.3) is 0 Å².